The van der Waals surface area contributed by atoms with E-state index in [0.717, 1.165) is 6.08 Å². The van der Waals surface area contributed by atoms with Gasteiger partial charge >= 0.3 is 5.97 Å². The van der Waals surface area contributed by atoms with E-state index >= 15 is 0 Å². The molecule has 0 aliphatic heterocycles. The zero-order chi connectivity index (χ0) is 17.4. The average molecular weight is 353 g/mol. The van der Waals surface area contributed by atoms with Gasteiger partial charge in [0.05, 0.1) is 6.26 Å². The fraction of sp³-hybridized carbons (Fsp3) is 0.125. The maximum Gasteiger partial charge on any atom is 0.331 e. The first-order valence-electron chi connectivity index (χ1n) is 6.76. The van der Waals surface area contributed by atoms with Crippen LogP contribution in [0.25, 0.3) is 6.08 Å². The van der Waals surface area contributed by atoms with Crippen LogP contribution < -0.4 is 5.32 Å². The zero-order valence-corrected chi connectivity index (χ0v) is 13.1. The van der Waals surface area contributed by atoms with Crippen molar-refractivity contribution < 1.29 is 27.5 Å². The molecule has 8 heteroatoms. The fourth-order valence-corrected chi connectivity index (χ4v) is 2.14. The van der Waals surface area contributed by atoms with Crippen molar-refractivity contribution in [3.8, 4) is 0 Å². The number of nitrogens with one attached hydrogen (secondary N) is 1. The van der Waals surface area contributed by atoms with E-state index < -0.39 is 24.2 Å². The van der Waals surface area contributed by atoms with Crippen LogP contribution in [0.2, 0.25) is 0 Å². The van der Waals surface area contributed by atoms with Gasteiger partial charge in [-0.3, -0.25) is 4.79 Å². The molecular weight excluding hydrogens is 340 g/mol. The lowest BCUT2D eigenvalue weighted by Gasteiger charge is -2.06. The summed E-state index contributed by atoms with van der Waals surface area (Å²) in [6.45, 7) is -0.463. The molecule has 0 bridgehead atoms. The highest BCUT2D eigenvalue weighted by Crippen LogP contribution is 2.26. The number of furan rings is 1. The quantitative estimate of drug-likeness (QED) is 0.466. The van der Waals surface area contributed by atoms with E-state index in [2.05, 4.69) is 5.32 Å². The van der Waals surface area contributed by atoms with Gasteiger partial charge in [-0.1, -0.05) is 11.8 Å². The van der Waals surface area contributed by atoms with Crippen molar-refractivity contribution in [2.45, 2.75) is 10.7 Å². The minimum Gasteiger partial charge on any atom is -0.465 e. The van der Waals surface area contributed by atoms with Gasteiger partial charge in [-0.25, -0.2) is 4.79 Å². The normalized spacial score (nSPS) is 11.0. The lowest BCUT2D eigenvalue weighted by atomic mass is 10.3. The molecule has 1 aromatic heterocycles. The van der Waals surface area contributed by atoms with Crippen molar-refractivity contribution in [3.05, 3.63) is 54.5 Å². The molecule has 0 saturated heterocycles. The summed E-state index contributed by atoms with van der Waals surface area (Å²) in [5.74, 6) is -3.24. The van der Waals surface area contributed by atoms with Gasteiger partial charge in [0.25, 0.3) is 11.7 Å². The number of hydrogen-bond acceptors (Lipinski definition) is 5. The van der Waals surface area contributed by atoms with Crippen LogP contribution in [0.3, 0.4) is 0 Å². The Labute approximate surface area is 140 Å². The van der Waals surface area contributed by atoms with Crippen molar-refractivity contribution in [2.75, 3.05) is 11.9 Å². The van der Waals surface area contributed by atoms with Crippen LogP contribution in [-0.4, -0.2) is 24.2 Å². The SMILES string of the molecule is O=C(COC(=O)C=Cc1ccco1)Nc1ccc(SC(F)F)cc1. The Kier molecular flexibility index (Phi) is 6.56. The Hall–Kier alpha value is -2.61. The number of carbonyl (C=O) groups is 2. The molecule has 126 valence electrons. The summed E-state index contributed by atoms with van der Waals surface area (Å²) in [4.78, 5) is 23.5. The Morgan fingerprint density at radius 1 is 1.25 bits per heavy atom. The molecule has 2 aromatic rings. The van der Waals surface area contributed by atoms with Crippen LogP contribution in [0, 0.1) is 0 Å². The van der Waals surface area contributed by atoms with Gasteiger partial charge < -0.3 is 14.5 Å². The molecule has 0 spiro atoms. The standard InChI is InChI=1S/C16H13F2NO4S/c17-16(18)24-13-6-3-11(4-7-13)19-14(20)10-23-15(21)8-5-12-2-1-9-22-12/h1-9,16H,10H2,(H,19,20). The first-order valence-corrected chi connectivity index (χ1v) is 7.64. The molecule has 1 aromatic carbocycles. The molecule has 2 rings (SSSR count). The van der Waals surface area contributed by atoms with Crippen LogP contribution in [0.15, 0.2) is 58.1 Å². The first-order chi connectivity index (χ1) is 11.5. The molecule has 0 saturated carbocycles. The summed E-state index contributed by atoms with van der Waals surface area (Å²) in [6, 6.07) is 9.23. The minimum absolute atomic E-state index is 0.387. The Morgan fingerprint density at radius 3 is 2.62 bits per heavy atom. The number of rotatable bonds is 7. The average Bonchev–Trinajstić information content (AvgIpc) is 3.06. The number of esters is 1. The van der Waals surface area contributed by atoms with Gasteiger partial charge in [0.2, 0.25) is 0 Å². The van der Waals surface area contributed by atoms with E-state index in [4.69, 9.17) is 9.15 Å². The van der Waals surface area contributed by atoms with Crippen molar-refractivity contribution in [2.24, 2.45) is 0 Å². The number of halogens is 2. The minimum atomic E-state index is -2.50. The first kappa shape index (κ1) is 17.7. The third kappa shape index (κ3) is 6.25. The predicted octanol–water partition coefficient (Wildman–Crippen LogP) is 3.79. The van der Waals surface area contributed by atoms with Crippen molar-refractivity contribution in [1.82, 2.24) is 0 Å². The molecule has 1 N–H and O–H groups in total. The topological polar surface area (TPSA) is 68.5 Å². The molecule has 1 amide bonds. The summed E-state index contributed by atoms with van der Waals surface area (Å²) in [5.41, 5.74) is 0.417. The molecule has 0 fully saturated rings. The lowest BCUT2D eigenvalue weighted by Crippen LogP contribution is -2.20. The van der Waals surface area contributed by atoms with Gasteiger partial charge in [0.1, 0.15) is 5.76 Å². The fourth-order valence-electron chi connectivity index (χ4n) is 1.64. The van der Waals surface area contributed by atoms with Gasteiger partial charge in [0.15, 0.2) is 6.61 Å². The summed E-state index contributed by atoms with van der Waals surface area (Å²) < 4.78 is 34.2. The van der Waals surface area contributed by atoms with E-state index in [1.54, 1.807) is 12.1 Å². The summed E-state index contributed by atoms with van der Waals surface area (Å²) in [5, 5.41) is 2.49. The van der Waals surface area contributed by atoms with Crippen molar-refractivity contribution in [1.29, 1.82) is 0 Å². The number of thioether (sulfide) groups is 1. The molecule has 5 nitrogen and oxygen atoms in total. The molecule has 1 heterocycles. The van der Waals surface area contributed by atoms with E-state index in [9.17, 15) is 18.4 Å². The monoisotopic (exact) mass is 353 g/mol. The number of carbonyl (C=O) groups excluding carboxylic acids is 2. The summed E-state index contributed by atoms with van der Waals surface area (Å²) in [7, 11) is 0. The number of benzene rings is 1. The maximum absolute atomic E-state index is 12.2. The number of amides is 1. The van der Waals surface area contributed by atoms with Crippen LogP contribution in [0.5, 0.6) is 0 Å². The second kappa shape index (κ2) is 8.88. The Morgan fingerprint density at radius 2 is 2.00 bits per heavy atom. The second-order valence-corrected chi connectivity index (χ2v) is 5.47. The van der Waals surface area contributed by atoms with Gasteiger partial charge in [0, 0.05) is 16.7 Å². The molecule has 0 unspecified atom stereocenters. The van der Waals surface area contributed by atoms with Crippen LogP contribution in [-0.2, 0) is 14.3 Å². The highest BCUT2D eigenvalue weighted by Gasteiger charge is 2.08. The Bertz CT molecular complexity index is 699. The van der Waals surface area contributed by atoms with E-state index in [0.29, 0.717) is 28.1 Å². The highest BCUT2D eigenvalue weighted by atomic mass is 32.2. The van der Waals surface area contributed by atoms with Gasteiger partial charge in [-0.05, 0) is 42.5 Å². The third-order valence-electron chi connectivity index (χ3n) is 2.64. The second-order valence-electron chi connectivity index (χ2n) is 4.41. The summed E-state index contributed by atoms with van der Waals surface area (Å²) >= 11 is 0.414. The van der Waals surface area contributed by atoms with Gasteiger partial charge in [-0.15, -0.1) is 0 Å². The molecule has 0 aliphatic carbocycles. The number of anilines is 1. The maximum atomic E-state index is 12.2. The largest absolute Gasteiger partial charge is 0.465 e. The third-order valence-corrected chi connectivity index (χ3v) is 3.36. The van der Waals surface area contributed by atoms with Crippen molar-refractivity contribution >= 4 is 35.4 Å². The van der Waals surface area contributed by atoms with E-state index in [1.165, 1.54) is 36.6 Å². The molecule has 0 radical (unpaired) electrons. The number of ether oxygens (including phenoxy) is 1. The zero-order valence-electron chi connectivity index (χ0n) is 12.3. The van der Waals surface area contributed by atoms with Gasteiger partial charge in [-0.2, -0.15) is 8.78 Å². The predicted molar refractivity (Wildman–Crippen MR) is 85.6 cm³/mol. The van der Waals surface area contributed by atoms with E-state index in [-0.39, 0.29) is 0 Å². The van der Waals surface area contributed by atoms with Crippen LogP contribution in [0.4, 0.5) is 14.5 Å². The van der Waals surface area contributed by atoms with E-state index in [1.807, 2.05) is 0 Å². The number of hydrogen-bond donors (Lipinski definition) is 1. The lowest BCUT2D eigenvalue weighted by molar-refractivity contribution is -0.142. The molecular formula is C16H13F2NO4S. The molecule has 0 atom stereocenters. The number of alkyl halides is 2. The van der Waals surface area contributed by atoms with Crippen molar-refractivity contribution in [3.63, 3.8) is 0 Å². The molecule has 0 aliphatic rings. The smallest absolute Gasteiger partial charge is 0.331 e. The molecule has 24 heavy (non-hydrogen) atoms. The van der Waals surface area contributed by atoms with Crippen LogP contribution >= 0.6 is 11.8 Å². The van der Waals surface area contributed by atoms with Crippen LogP contribution in [0.1, 0.15) is 5.76 Å². The Balaban J connectivity index is 1.75. The highest BCUT2D eigenvalue weighted by molar-refractivity contribution is 7.99. The summed E-state index contributed by atoms with van der Waals surface area (Å²) in [6.07, 6.45) is 4.02.